The molecule has 0 amide bonds. The molecule has 31 heavy (non-hydrogen) atoms. The minimum absolute atomic E-state index is 0.0247. The van der Waals surface area contributed by atoms with Gasteiger partial charge in [-0.05, 0) is 18.6 Å². The van der Waals surface area contributed by atoms with Gasteiger partial charge in [-0.1, -0.05) is 34.6 Å². The number of terminal acetylenes is 2. The standard InChI is InChI=1S/C14H17F2N3O3S.2C2H6.2C2H2/c1-3-4-19(23(2)21)8-10-6-11(15)9(5-12(10)16)7-13-17-18-14(20)22-13;4*1-2/h5-6H,3-4,7-8H2,1-2H3,(H,18,20);2*1-2H3;2*1-2H. The number of rotatable bonds is 7. The van der Waals surface area contributed by atoms with E-state index in [2.05, 4.69) is 40.3 Å². The molecule has 0 bridgehead atoms. The van der Waals surface area contributed by atoms with Gasteiger partial charge in [0.15, 0.2) is 0 Å². The van der Waals surface area contributed by atoms with Crippen molar-refractivity contribution in [1.29, 1.82) is 0 Å². The molecule has 2 aromatic rings. The smallest absolute Gasteiger partial charge is 0.392 e. The monoisotopic (exact) mass is 457 g/mol. The lowest BCUT2D eigenvalue weighted by atomic mass is 10.1. The van der Waals surface area contributed by atoms with E-state index in [0.717, 1.165) is 18.6 Å². The van der Waals surface area contributed by atoms with Crippen molar-refractivity contribution >= 4 is 11.0 Å². The van der Waals surface area contributed by atoms with E-state index in [4.69, 9.17) is 0 Å². The number of hydrogen-bond acceptors (Lipinski definition) is 4. The zero-order valence-corrected chi connectivity index (χ0v) is 19.9. The molecular formula is C22H33F2N3O3S. The molecule has 0 aliphatic rings. The molecular weight excluding hydrogens is 424 g/mol. The number of H-pyrrole nitrogens is 1. The number of benzene rings is 1. The fraction of sp³-hybridized carbons (Fsp3) is 0.455. The molecule has 1 heterocycles. The highest BCUT2D eigenvalue weighted by atomic mass is 32.2. The minimum Gasteiger partial charge on any atom is -0.392 e. The van der Waals surface area contributed by atoms with Crippen molar-refractivity contribution in [3.8, 4) is 25.7 Å². The van der Waals surface area contributed by atoms with Crippen molar-refractivity contribution in [3.05, 3.63) is 51.3 Å². The Hall–Kier alpha value is -2.75. The maximum absolute atomic E-state index is 14.2. The molecule has 0 fully saturated rings. The predicted molar refractivity (Wildman–Crippen MR) is 124 cm³/mol. The van der Waals surface area contributed by atoms with Crippen LogP contribution in [0, 0.1) is 37.3 Å². The lowest BCUT2D eigenvalue weighted by molar-refractivity contribution is 0.427. The number of nitrogens with zero attached hydrogens (tertiary/aromatic N) is 2. The van der Waals surface area contributed by atoms with E-state index in [1.165, 1.54) is 6.26 Å². The van der Waals surface area contributed by atoms with Crippen LogP contribution in [0.4, 0.5) is 8.78 Å². The third-order valence-corrected chi connectivity index (χ3v) is 4.26. The summed E-state index contributed by atoms with van der Waals surface area (Å²) < 4.78 is 46.2. The summed E-state index contributed by atoms with van der Waals surface area (Å²) in [6.07, 6.45) is 18.1. The Labute approximate surface area is 187 Å². The predicted octanol–water partition coefficient (Wildman–Crippen LogP) is 4.29. The van der Waals surface area contributed by atoms with E-state index in [0.29, 0.717) is 6.54 Å². The third-order valence-electron chi connectivity index (χ3n) is 3.22. The van der Waals surface area contributed by atoms with Crippen LogP contribution < -0.4 is 5.76 Å². The lowest BCUT2D eigenvalue weighted by Gasteiger charge is -2.19. The van der Waals surface area contributed by atoms with Gasteiger partial charge in [0.05, 0.1) is 17.4 Å². The highest BCUT2D eigenvalue weighted by Crippen LogP contribution is 2.19. The van der Waals surface area contributed by atoms with Crippen molar-refractivity contribution < 1.29 is 17.4 Å². The Morgan fingerprint density at radius 1 is 1.06 bits per heavy atom. The highest BCUT2D eigenvalue weighted by Gasteiger charge is 2.16. The van der Waals surface area contributed by atoms with E-state index in [1.54, 1.807) is 4.31 Å². The first-order valence-corrected chi connectivity index (χ1v) is 11.2. The lowest BCUT2D eigenvalue weighted by Crippen LogP contribution is -2.26. The van der Waals surface area contributed by atoms with Gasteiger partial charge < -0.3 is 4.42 Å². The summed E-state index contributed by atoms with van der Waals surface area (Å²) in [5.74, 6) is -2.02. The van der Waals surface area contributed by atoms with Gasteiger partial charge in [0.25, 0.3) is 0 Å². The zero-order valence-electron chi connectivity index (χ0n) is 19.1. The van der Waals surface area contributed by atoms with Crippen molar-refractivity contribution in [2.75, 3.05) is 12.8 Å². The number of aromatic amines is 1. The molecule has 174 valence electrons. The largest absolute Gasteiger partial charge is 0.434 e. The molecule has 1 unspecified atom stereocenters. The maximum atomic E-state index is 14.2. The topological polar surface area (TPSA) is 79.2 Å². The van der Waals surface area contributed by atoms with Crippen LogP contribution in [0.5, 0.6) is 0 Å². The normalized spacial score (nSPS) is 9.97. The molecule has 0 saturated heterocycles. The van der Waals surface area contributed by atoms with Gasteiger partial charge in [0.2, 0.25) is 5.89 Å². The summed E-state index contributed by atoms with van der Waals surface area (Å²) in [6.45, 7) is 10.5. The number of aromatic nitrogens is 2. The van der Waals surface area contributed by atoms with Crippen LogP contribution in [0.15, 0.2) is 21.3 Å². The molecule has 0 radical (unpaired) electrons. The summed E-state index contributed by atoms with van der Waals surface area (Å²) in [7, 11) is -1.27. The minimum atomic E-state index is -1.27. The summed E-state index contributed by atoms with van der Waals surface area (Å²) in [5.41, 5.74) is 0.152. The molecule has 0 spiro atoms. The van der Waals surface area contributed by atoms with Crippen LogP contribution >= 0.6 is 0 Å². The Kier molecular flexibility index (Phi) is 21.8. The average molecular weight is 458 g/mol. The second-order valence-corrected chi connectivity index (χ2v) is 6.37. The summed E-state index contributed by atoms with van der Waals surface area (Å²) in [5, 5.41) is 5.62. The molecule has 0 saturated carbocycles. The van der Waals surface area contributed by atoms with Crippen LogP contribution in [0.1, 0.15) is 58.1 Å². The maximum Gasteiger partial charge on any atom is 0.434 e. The van der Waals surface area contributed by atoms with Gasteiger partial charge in [-0.15, -0.1) is 30.8 Å². The van der Waals surface area contributed by atoms with Crippen molar-refractivity contribution in [2.45, 2.75) is 54.0 Å². The summed E-state index contributed by atoms with van der Waals surface area (Å²) in [4.78, 5) is 10.8. The van der Waals surface area contributed by atoms with Gasteiger partial charge in [-0.2, -0.15) is 0 Å². The van der Waals surface area contributed by atoms with E-state index in [-0.39, 0.29) is 30.0 Å². The van der Waals surface area contributed by atoms with Crippen LogP contribution in [0.25, 0.3) is 0 Å². The molecule has 0 aliphatic heterocycles. The first-order chi connectivity index (χ1) is 14.9. The Morgan fingerprint density at radius 3 is 1.97 bits per heavy atom. The van der Waals surface area contributed by atoms with Crippen molar-refractivity contribution in [1.82, 2.24) is 14.5 Å². The van der Waals surface area contributed by atoms with Gasteiger partial charge >= 0.3 is 5.76 Å². The highest BCUT2D eigenvalue weighted by molar-refractivity contribution is 7.81. The Balaban J connectivity index is -0.000000879. The average Bonchev–Trinajstić information content (AvgIpc) is 3.21. The van der Waals surface area contributed by atoms with Crippen LogP contribution in [-0.4, -0.2) is 31.5 Å². The second-order valence-electron chi connectivity index (χ2n) is 5.01. The van der Waals surface area contributed by atoms with Crippen molar-refractivity contribution in [2.24, 2.45) is 0 Å². The van der Waals surface area contributed by atoms with E-state index < -0.39 is 28.4 Å². The first-order valence-electron chi connectivity index (χ1n) is 9.67. The summed E-state index contributed by atoms with van der Waals surface area (Å²) in [6, 6.07) is 2.12. The van der Waals surface area contributed by atoms with E-state index in [1.807, 2.05) is 34.6 Å². The fourth-order valence-corrected chi connectivity index (χ4v) is 2.88. The molecule has 1 aromatic carbocycles. The fourth-order valence-electron chi connectivity index (χ4n) is 2.12. The molecule has 0 aliphatic carbocycles. The molecule has 2 rings (SSSR count). The Morgan fingerprint density at radius 2 is 1.55 bits per heavy atom. The van der Waals surface area contributed by atoms with Gasteiger partial charge in [-0.25, -0.2) is 27.2 Å². The van der Waals surface area contributed by atoms with Crippen molar-refractivity contribution in [3.63, 3.8) is 0 Å². The SMILES string of the molecule is C#C.C#C.CC.CC.CCCN(Cc1cc(F)c(Cc2n[nH]c(=O)o2)cc1F)S(C)=O. The third kappa shape index (κ3) is 12.5. The van der Waals surface area contributed by atoms with Gasteiger partial charge in [0, 0.05) is 30.5 Å². The van der Waals surface area contributed by atoms with E-state index >= 15 is 0 Å². The molecule has 1 aromatic heterocycles. The molecule has 9 heteroatoms. The second kappa shape index (κ2) is 20.5. The molecule has 1 atom stereocenters. The zero-order chi connectivity index (χ0) is 25.0. The number of halogens is 2. The van der Waals surface area contributed by atoms with E-state index in [9.17, 15) is 17.8 Å². The quantitative estimate of drug-likeness (QED) is 0.629. The van der Waals surface area contributed by atoms with Crippen LogP contribution in [0.3, 0.4) is 0 Å². The Bertz CT molecular complexity index is 839. The van der Waals surface area contributed by atoms with Crippen LogP contribution in [-0.2, 0) is 24.0 Å². The summed E-state index contributed by atoms with van der Waals surface area (Å²) >= 11 is 0. The number of nitrogens with one attached hydrogen (secondary N) is 1. The van der Waals surface area contributed by atoms with Gasteiger partial charge in [-0.3, -0.25) is 0 Å². The molecule has 6 nitrogen and oxygen atoms in total. The van der Waals surface area contributed by atoms with Gasteiger partial charge in [0.1, 0.15) is 11.6 Å². The van der Waals surface area contributed by atoms with Crippen LogP contribution in [0.2, 0.25) is 0 Å². The molecule has 1 N–H and O–H groups in total. The first kappa shape index (κ1) is 32.9. The number of hydrogen-bond donors (Lipinski definition) is 1.